The summed E-state index contributed by atoms with van der Waals surface area (Å²) in [6.07, 6.45) is 1.46. The fourth-order valence-corrected chi connectivity index (χ4v) is 2.12. The number of nitrogens with one attached hydrogen (secondary N) is 1. The van der Waals surface area contributed by atoms with Crippen molar-refractivity contribution < 1.29 is 4.79 Å². The molecule has 0 saturated heterocycles. The van der Waals surface area contributed by atoms with Gasteiger partial charge in [0.2, 0.25) is 0 Å². The van der Waals surface area contributed by atoms with E-state index in [1.54, 1.807) is 17.5 Å². The summed E-state index contributed by atoms with van der Waals surface area (Å²) in [7, 11) is 0. The lowest BCUT2D eigenvalue weighted by atomic mass is 10.2. The summed E-state index contributed by atoms with van der Waals surface area (Å²) >= 11 is 6.99. The number of thiophene rings is 1. The van der Waals surface area contributed by atoms with Gasteiger partial charge < -0.3 is 5.32 Å². The Bertz CT molecular complexity index is 603. The molecule has 0 saturated carbocycles. The van der Waals surface area contributed by atoms with Gasteiger partial charge in [0.1, 0.15) is 16.2 Å². The van der Waals surface area contributed by atoms with E-state index >= 15 is 0 Å². The SMILES string of the molecule is N#Cc1ccsc1NC(=O)c1ccnc(Cl)c1. The van der Waals surface area contributed by atoms with Crippen LogP contribution in [0.3, 0.4) is 0 Å². The Morgan fingerprint density at radius 1 is 1.53 bits per heavy atom. The van der Waals surface area contributed by atoms with Gasteiger partial charge in [0.05, 0.1) is 5.56 Å². The summed E-state index contributed by atoms with van der Waals surface area (Å²) in [6.45, 7) is 0. The molecule has 2 rings (SSSR count). The number of hydrogen-bond donors (Lipinski definition) is 1. The summed E-state index contributed by atoms with van der Waals surface area (Å²) in [5, 5.41) is 14.0. The Labute approximate surface area is 106 Å². The Morgan fingerprint density at radius 2 is 2.35 bits per heavy atom. The van der Waals surface area contributed by atoms with Gasteiger partial charge in [-0.2, -0.15) is 5.26 Å². The Morgan fingerprint density at radius 3 is 3.06 bits per heavy atom. The van der Waals surface area contributed by atoms with Crippen LogP contribution in [-0.2, 0) is 0 Å². The second-order valence-electron chi connectivity index (χ2n) is 3.10. The van der Waals surface area contributed by atoms with Gasteiger partial charge in [0.25, 0.3) is 5.91 Å². The van der Waals surface area contributed by atoms with Gasteiger partial charge in [-0.1, -0.05) is 11.6 Å². The molecule has 0 aliphatic heterocycles. The molecule has 84 valence electrons. The van der Waals surface area contributed by atoms with Crippen LogP contribution in [0.25, 0.3) is 0 Å². The minimum Gasteiger partial charge on any atom is -0.312 e. The predicted molar refractivity (Wildman–Crippen MR) is 66.2 cm³/mol. The number of carbonyl (C=O) groups excluding carboxylic acids is 1. The molecule has 4 nitrogen and oxygen atoms in total. The van der Waals surface area contributed by atoms with Gasteiger partial charge >= 0.3 is 0 Å². The molecular formula is C11H6ClN3OS. The molecule has 0 radical (unpaired) electrons. The van der Waals surface area contributed by atoms with E-state index in [9.17, 15) is 4.79 Å². The maximum absolute atomic E-state index is 11.8. The number of amides is 1. The smallest absolute Gasteiger partial charge is 0.256 e. The number of nitrogens with zero attached hydrogens (tertiary/aromatic N) is 2. The highest BCUT2D eigenvalue weighted by Crippen LogP contribution is 2.23. The average Bonchev–Trinajstić information content (AvgIpc) is 2.76. The summed E-state index contributed by atoms with van der Waals surface area (Å²) in [6, 6.07) is 6.68. The van der Waals surface area contributed by atoms with Crippen LogP contribution in [0.4, 0.5) is 5.00 Å². The highest BCUT2D eigenvalue weighted by molar-refractivity contribution is 7.14. The number of hydrogen-bond acceptors (Lipinski definition) is 4. The Balaban J connectivity index is 2.21. The first-order chi connectivity index (χ1) is 8.20. The third kappa shape index (κ3) is 2.61. The lowest BCUT2D eigenvalue weighted by Crippen LogP contribution is -2.11. The largest absolute Gasteiger partial charge is 0.312 e. The standard InChI is InChI=1S/C11H6ClN3OS/c12-9-5-7(1-3-14-9)10(16)15-11-8(6-13)2-4-17-11/h1-5H,(H,15,16). The zero-order valence-corrected chi connectivity index (χ0v) is 10.0. The summed E-state index contributed by atoms with van der Waals surface area (Å²) < 4.78 is 0. The Kier molecular flexibility index (Phi) is 3.38. The molecule has 6 heteroatoms. The molecule has 0 unspecified atom stereocenters. The fraction of sp³-hybridized carbons (Fsp3) is 0. The first kappa shape index (κ1) is 11.6. The predicted octanol–water partition coefficient (Wildman–Crippen LogP) is 2.92. The zero-order chi connectivity index (χ0) is 12.3. The number of aromatic nitrogens is 1. The summed E-state index contributed by atoms with van der Waals surface area (Å²) in [4.78, 5) is 15.6. The van der Waals surface area contributed by atoms with Gasteiger partial charge in [-0.3, -0.25) is 4.79 Å². The van der Waals surface area contributed by atoms with Crippen molar-refractivity contribution in [1.82, 2.24) is 4.98 Å². The van der Waals surface area contributed by atoms with Crippen molar-refractivity contribution in [3.63, 3.8) is 0 Å². The molecule has 2 aromatic heterocycles. The van der Waals surface area contributed by atoms with Crippen molar-refractivity contribution in [2.75, 3.05) is 5.32 Å². The molecule has 1 amide bonds. The highest BCUT2D eigenvalue weighted by atomic mass is 35.5. The monoisotopic (exact) mass is 263 g/mol. The van der Waals surface area contributed by atoms with E-state index in [1.807, 2.05) is 6.07 Å². The van der Waals surface area contributed by atoms with E-state index < -0.39 is 0 Å². The van der Waals surface area contributed by atoms with Crippen molar-refractivity contribution >= 4 is 33.8 Å². The molecular weight excluding hydrogens is 258 g/mol. The zero-order valence-electron chi connectivity index (χ0n) is 8.48. The van der Waals surface area contributed by atoms with E-state index in [0.29, 0.717) is 16.1 Å². The number of carbonyl (C=O) groups is 1. The van der Waals surface area contributed by atoms with Gasteiger partial charge in [-0.15, -0.1) is 11.3 Å². The van der Waals surface area contributed by atoms with Crippen molar-refractivity contribution in [3.8, 4) is 6.07 Å². The maximum Gasteiger partial charge on any atom is 0.256 e. The lowest BCUT2D eigenvalue weighted by Gasteiger charge is -2.03. The minimum absolute atomic E-state index is 0.254. The lowest BCUT2D eigenvalue weighted by molar-refractivity contribution is 0.102. The van der Waals surface area contributed by atoms with Gasteiger partial charge in [-0.05, 0) is 23.6 Å². The molecule has 0 aliphatic rings. The summed E-state index contributed by atoms with van der Waals surface area (Å²) in [5.41, 5.74) is 0.853. The molecule has 0 atom stereocenters. The second-order valence-corrected chi connectivity index (χ2v) is 4.40. The third-order valence-electron chi connectivity index (χ3n) is 2.00. The van der Waals surface area contributed by atoms with Crippen LogP contribution < -0.4 is 5.32 Å². The van der Waals surface area contributed by atoms with Gasteiger partial charge in [0.15, 0.2) is 0 Å². The van der Waals surface area contributed by atoms with Crippen molar-refractivity contribution in [2.24, 2.45) is 0 Å². The first-order valence-corrected chi connectivity index (χ1v) is 5.87. The van der Waals surface area contributed by atoms with Gasteiger partial charge in [0, 0.05) is 11.8 Å². The normalized spacial score (nSPS) is 9.65. The van der Waals surface area contributed by atoms with E-state index in [4.69, 9.17) is 16.9 Å². The molecule has 0 bridgehead atoms. The van der Waals surface area contributed by atoms with Crippen LogP contribution in [0.15, 0.2) is 29.8 Å². The molecule has 2 aromatic rings. The molecule has 0 fully saturated rings. The number of nitriles is 1. The topological polar surface area (TPSA) is 65.8 Å². The third-order valence-corrected chi connectivity index (χ3v) is 3.04. The number of pyridine rings is 1. The van der Waals surface area contributed by atoms with Crippen LogP contribution in [0.1, 0.15) is 15.9 Å². The molecule has 0 aliphatic carbocycles. The second kappa shape index (κ2) is 4.95. The van der Waals surface area contributed by atoms with E-state index in [1.165, 1.54) is 23.6 Å². The number of halogens is 1. The van der Waals surface area contributed by atoms with Crippen molar-refractivity contribution in [1.29, 1.82) is 5.26 Å². The van der Waals surface area contributed by atoms with Crippen LogP contribution >= 0.6 is 22.9 Å². The molecule has 0 aromatic carbocycles. The number of rotatable bonds is 2. The van der Waals surface area contributed by atoms with Crippen LogP contribution in [0.2, 0.25) is 5.15 Å². The molecule has 2 heterocycles. The van der Waals surface area contributed by atoms with E-state index in [-0.39, 0.29) is 11.1 Å². The van der Waals surface area contributed by atoms with E-state index in [2.05, 4.69) is 10.3 Å². The van der Waals surface area contributed by atoms with Crippen LogP contribution in [0, 0.1) is 11.3 Å². The Hall–Kier alpha value is -1.90. The molecule has 0 spiro atoms. The fourth-order valence-electron chi connectivity index (χ4n) is 1.21. The highest BCUT2D eigenvalue weighted by Gasteiger charge is 2.10. The molecule has 17 heavy (non-hydrogen) atoms. The average molecular weight is 264 g/mol. The van der Waals surface area contributed by atoms with Crippen molar-refractivity contribution in [3.05, 3.63) is 46.1 Å². The van der Waals surface area contributed by atoms with Crippen molar-refractivity contribution in [2.45, 2.75) is 0 Å². The van der Waals surface area contributed by atoms with Gasteiger partial charge in [-0.25, -0.2) is 4.98 Å². The van der Waals surface area contributed by atoms with E-state index in [0.717, 1.165) is 0 Å². The first-order valence-electron chi connectivity index (χ1n) is 4.61. The summed E-state index contributed by atoms with van der Waals surface area (Å²) in [5.74, 6) is -0.312. The number of anilines is 1. The maximum atomic E-state index is 11.8. The molecule has 1 N–H and O–H groups in total. The van der Waals surface area contributed by atoms with Crippen LogP contribution in [-0.4, -0.2) is 10.9 Å². The quantitative estimate of drug-likeness (QED) is 0.847. The minimum atomic E-state index is -0.312. The van der Waals surface area contributed by atoms with Crippen LogP contribution in [0.5, 0.6) is 0 Å².